The Balaban J connectivity index is 1.71. The fraction of sp³-hybridized carbons (Fsp3) is 0.923. The highest BCUT2D eigenvalue weighted by molar-refractivity contribution is 5.74. The van der Waals surface area contributed by atoms with Gasteiger partial charge in [-0.2, -0.15) is 0 Å². The summed E-state index contributed by atoms with van der Waals surface area (Å²) in [4.78, 5) is 11.8. The number of nitrogens with one attached hydrogen (secondary N) is 2. The normalized spacial score (nSPS) is 37.0. The van der Waals surface area contributed by atoms with Crippen LogP contribution < -0.4 is 10.6 Å². The van der Waals surface area contributed by atoms with Crippen molar-refractivity contribution in [2.45, 2.75) is 75.7 Å². The molecular weight excluding hydrogens is 232 g/mol. The zero-order valence-corrected chi connectivity index (χ0v) is 10.8. The lowest BCUT2D eigenvalue weighted by Gasteiger charge is -2.30. The molecule has 0 aliphatic heterocycles. The summed E-state index contributed by atoms with van der Waals surface area (Å²) >= 11 is 0. The molecule has 0 spiro atoms. The maximum Gasteiger partial charge on any atom is 0.315 e. The summed E-state index contributed by atoms with van der Waals surface area (Å²) in [6.45, 7) is 0. The third-order valence-electron chi connectivity index (χ3n) is 4.08. The zero-order valence-electron chi connectivity index (χ0n) is 10.8. The van der Waals surface area contributed by atoms with Crippen LogP contribution in [0.5, 0.6) is 0 Å². The molecule has 2 fully saturated rings. The van der Waals surface area contributed by atoms with E-state index in [0.717, 1.165) is 51.4 Å². The van der Waals surface area contributed by atoms with E-state index < -0.39 is 6.10 Å². The van der Waals surface area contributed by atoms with E-state index >= 15 is 0 Å². The van der Waals surface area contributed by atoms with E-state index in [4.69, 9.17) is 0 Å². The summed E-state index contributed by atoms with van der Waals surface area (Å²) in [6.07, 6.45) is 6.33. The van der Waals surface area contributed by atoms with E-state index in [-0.39, 0.29) is 24.2 Å². The lowest BCUT2D eigenvalue weighted by molar-refractivity contribution is 0.0924. The third kappa shape index (κ3) is 3.85. The topological polar surface area (TPSA) is 81.6 Å². The number of carbonyl (C=O) groups excluding carboxylic acids is 1. The quantitative estimate of drug-likeness (QED) is 0.592. The van der Waals surface area contributed by atoms with Crippen molar-refractivity contribution in [2.24, 2.45) is 0 Å². The fourth-order valence-electron chi connectivity index (χ4n) is 2.90. The summed E-state index contributed by atoms with van der Waals surface area (Å²) in [7, 11) is 0. The summed E-state index contributed by atoms with van der Waals surface area (Å²) < 4.78 is 0. The first-order chi connectivity index (χ1) is 8.65. The zero-order chi connectivity index (χ0) is 13.0. The van der Waals surface area contributed by atoms with Crippen LogP contribution in [0.2, 0.25) is 0 Å². The summed E-state index contributed by atoms with van der Waals surface area (Å²) in [5, 5.41) is 25.0. The van der Waals surface area contributed by atoms with Crippen molar-refractivity contribution >= 4 is 6.03 Å². The third-order valence-corrected chi connectivity index (χ3v) is 4.08. The molecule has 0 bridgehead atoms. The molecular formula is C13H24N2O3. The first-order valence-corrected chi connectivity index (χ1v) is 7.08. The van der Waals surface area contributed by atoms with Crippen molar-refractivity contribution in [1.82, 2.24) is 10.6 Å². The van der Waals surface area contributed by atoms with Crippen LogP contribution in [0.15, 0.2) is 0 Å². The van der Waals surface area contributed by atoms with Gasteiger partial charge in [-0.3, -0.25) is 0 Å². The van der Waals surface area contributed by atoms with Gasteiger partial charge in [0.05, 0.1) is 18.2 Å². The van der Waals surface area contributed by atoms with E-state index in [1.165, 1.54) is 0 Å². The van der Waals surface area contributed by atoms with E-state index in [2.05, 4.69) is 10.6 Å². The molecule has 104 valence electrons. The van der Waals surface area contributed by atoms with Crippen molar-refractivity contribution in [3.8, 4) is 0 Å². The number of hydrogen-bond acceptors (Lipinski definition) is 3. The predicted octanol–water partition coefficient (Wildman–Crippen LogP) is 0.893. The van der Waals surface area contributed by atoms with Crippen LogP contribution in [0.25, 0.3) is 0 Å². The number of hydrogen-bond donors (Lipinski definition) is 4. The Morgan fingerprint density at radius 2 is 1.56 bits per heavy atom. The van der Waals surface area contributed by atoms with Crippen molar-refractivity contribution in [2.75, 3.05) is 0 Å². The SMILES string of the molecule is O=C(NC1CCC(O)CC1)NC1CCCCC1O. The van der Waals surface area contributed by atoms with Gasteiger partial charge in [-0.1, -0.05) is 12.8 Å². The maximum absolute atomic E-state index is 11.8. The Labute approximate surface area is 108 Å². The lowest BCUT2D eigenvalue weighted by Crippen LogP contribution is -2.51. The fourth-order valence-corrected chi connectivity index (χ4v) is 2.90. The van der Waals surface area contributed by atoms with Gasteiger partial charge in [0.2, 0.25) is 0 Å². The molecule has 2 saturated carbocycles. The van der Waals surface area contributed by atoms with Gasteiger partial charge in [0.15, 0.2) is 0 Å². The van der Waals surface area contributed by atoms with Crippen molar-refractivity contribution in [3.63, 3.8) is 0 Å². The highest BCUT2D eigenvalue weighted by Gasteiger charge is 2.26. The van der Waals surface area contributed by atoms with Gasteiger partial charge in [0.25, 0.3) is 0 Å². The summed E-state index contributed by atoms with van der Waals surface area (Å²) in [6, 6.07) is -0.121. The standard InChI is InChI=1S/C13H24N2O3/c16-10-7-5-9(6-8-10)14-13(18)15-11-3-1-2-4-12(11)17/h9-12,16-17H,1-8H2,(H2,14,15,18). The summed E-state index contributed by atoms with van der Waals surface area (Å²) in [5.74, 6) is 0. The average molecular weight is 256 g/mol. The summed E-state index contributed by atoms with van der Waals surface area (Å²) in [5.41, 5.74) is 0. The molecule has 18 heavy (non-hydrogen) atoms. The number of aliphatic hydroxyl groups excluding tert-OH is 2. The molecule has 0 heterocycles. The van der Waals surface area contributed by atoms with Gasteiger partial charge in [0.1, 0.15) is 0 Å². The predicted molar refractivity (Wildman–Crippen MR) is 68.2 cm³/mol. The highest BCUT2D eigenvalue weighted by atomic mass is 16.3. The van der Waals surface area contributed by atoms with Crippen LogP contribution in [0.3, 0.4) is 0 Å². The Hall–Kier alpha value is -0.810. The first-order valence-electron chi connectivity index (χ1n) is 7.08. The molecule has 5 heteroatoms. The second-order valence-corrected chi connectivity index (χ2v) is 5.58. The van der Waals surface area contributed by atoms with Gasteiger partial charge in [-0.05, 0) is 38.5 Å². The lowest BCUT2D eigenvalue weighted by atomic mass is 9.92. The van der Waals surface area contributed by atoms with Crippen molar-refractivity contribution in [1.29, 1.82) is 0 Å². The van der Waals surface area contributed by atoms with Gasteiger partial charge >= 0.3 is 6.03 Å². The second-order valence-electron chi connectivity index (χ2n) is 5.58. The monoisotopic (exact) mass is 256 g/mol. The maximum atomic E-state index is 11.8. The van der Waals surface area contributed by atoms with Gasteiger partial charge < -0.3 is 20.8 Å². The molecule has 2 rings (SSSR count). The van der Waals surface area contributed by atoms with Crippen LogP contribution in [0.1, 0.15) is 51.4 Å². The highest BCUT2D eigenvalue weighted by Crippen LogP contribution is 2.19. The number of urea groups is 1. The molecule has 5 nitrogen and oxygen atoms in total. The number of aliphatic hydroxyl groups is 2. The molecule has 0 saturated heterocycles. The molecule has 2 amide bonds. The van der Waals surface area contributed by atoms with Crippen molar-refractivity contribution < 1.29 is 15.0 Å². The van der Waals surface area contributed by atoms with Crippen molar-refractivity contribution in [3.05, 3.63) is 0 Å². The molecule has 2 atom stereocenters. The van der Waals surface area contributed by atoms with Crippen LogP contribution in [0.4, 0.5) is 4.79 Å². The van der Waals surface area contributed by atoms with Gasteiger partial charge in [-0.25, -0.2) is 4.79 Å². The van der Waals surface area contributed by atoms with Crippen LogP contribution in [0, 0.1) is 0 Å². The molecule has 2 unspecified atom stereocenters. The molecule has 4 N–H and O–H groups in total. The molecule has 0 aromatic rings. The van der Waals surface area contributed by atoms with Gasteiger partial charge in [-0.15, -0.1) is 0 Å². The largest absolute Gasteiger partial charge is 0.393 e. The van der Waals surface area contributed by atoms with E-state index in [0.29, 0.717) is 0 Å². The molecule has 2 aliphatic carbocycles. The number of amides is 2. The molecule has 0 radical (unpaired) electrons. The minimum Gasteiger partial charge on any atom is -0.393 e. The van der Waals surface area contributed by atoms with E-state index in [9.17, 15) is 15.0 Å². The van der Waals surface area contributed by atoms with Gasteiger partial charge in [0, 0.05) is 6.04 Å². The van der Waals surface area contributed by atoms with Crippen LogP contribution in [-0.4, -0.2) is 40.5 Å². The van der Waals surface area contributed by atoms with Crippen LogP contribution >= 0.6 is 0 Å². The molecule has 2 aliphatic rings. The molecule has 0 aromatic carbocycles. The molecule has 0 aromatic heterocycles. The number of rotatable bonds is 2. The first kappa shape index (κ1) is 13.6. The Bertz CT molecular complexity index is 277. The van der Waals surface area contributed by atoms with E-state index in [1.807, 2.05) is 0 Å². The Morgan fingerprint density at radius 3 is 2.22 bits per heavy atom. The van der Waals surface area contributed by atoms with E-state index in [1.54, 1.807) is 0 Å². The smallest absolute Gasteiger partial charge is 0.315 e. The Kier molecular flexibility index (Phi) is 4.83. The Morgan fingerprint density at radius 1 is 0.889 bits per heavy atom. The second kappa shape index (κ2) is 6.38. The minimum atomic E-state index is -0.405. The average Bonchev–Trinajstić information content (AvgIpc) is 2.35. The number of carbonyl (C=O) groups is 1. The minimum absolute atomic E-state index is 0.104. The van der Waals surface area contributed by atoms with Crippen LogP contribution in [-0.2, 0) is 0 Å².